The maximum Gasteiger partial charge on any atom is 0.222 e. The van der Waals surface area contributed by atoms with Crippen molar-refractivity contribution < 1.29 is 4.79 Å². The zero-order valence-electron chi connectivity index (χ0n) is 14.2. The number of nitrogens with one attached hydrogen (secondary N) is 1. The third-order valence-electron chi connectivity index (χ3n) is 4.45. The van der Waals surface area contributed by atoms with Crippen LogP contribution in [0.25, 0.3) is 0 Å². The molecule has 1 saturated heterocycles. The summed E-state index contributed by atoms with van der Waals surface area (Å²) in [7, 11) is 0. The maximum atomic E-state index is 12.1. The van der Waals surface area contributed by atoms with Gasteiger partial charge in [-0.2, -0.15) is 0 Å². The fourth-order valence-electron chi connectivity index (χ4n) is 3.03. The van der Waals surface area contributed by atoms with E-state index >= 15 is 0 Å². The smallest absolute Gasteiger partial charge is 0.222 e. The number of piperazine rings is 1. The summed E-state index contributed by atoms with van der Waals surface area (Å²) < 4.78 is 0. The van der Waals surface area contributed by atoms with Crippen LogP contribution in [0.15, 0.2) is 17.5 Å². The van der Waals surface area contributed by atoms with E-state index in [1.54, 1.807) is 11.3 Å². The number of hydrogen-bond acceptors (Lipinski definition) is 4. The van der Waals surface area contributed by atoms with E-state index in [0.717, 1.165) is 32.7 Å². The largest absolute Gasteiger partial charge is 0.351 e. The SMILES string of the molecule is CCN1CCN([C@H](c2cccs2)[C@H](C)NC(=O)C(C)C)CC1. The molecule has 2 atom stereocenters. The lowest BCUT2D eigenvalue weighted by Crippen LogP contribution is -2.52. The summed E-state index contributed by atoms with van der Waals surface area (Å²) in [4.78, 5) is 18.4. The van der Waals surface area contributed by atoms with Gasteiger partial charge in [0, 0.05) is 43.0 Å². The van der Waals surface area contributed by atoms with E-state index in [9.17, 15) is 4.79 Å². The highest BCUT2D eigenvalue weighted by molar-refractivity contribution is 7.10. The van der Waals surface area contributed by atoms with E-state index in [-0.39, 0.29) is 23.9 Å². The molecule has 2 rings (SSSR count). The number of carbonyl (C=O) groups is 1. The predicted octanol–water partition coefficient (Wildman–Crippen LogP) is 2.59. The van der Waals surface area contributed by atoms with Crippen molar-refractivity contribution in [2.24, 2.45) is 5.92 Å². The molecule has 1 fully saturated rings. The zero-order chi connectivity index (χ0) is 16.1. The van der Waals surface area contributed by atoms with Crippen LogP contribution in [-0.4, -0.2) is 54.5 Å². The van der Waals surface area contributed by atoms with Crippen LogP contribution < -0.4 is 5.32 Å². The zero-order valence-corrected chi connectivity index (χ0v) is 15.0. The fourth-order valence-corrected chi connectivity index (χ4v) is 3.99. The Labute approximate surface area is 138 Å². The van der Waals surface area contributed by atoms with Crippen molar-refractivity contribution in [2.45, 2.75) is 39.8 Å². The molecule has 5 heteroatoms. The molecule has 1 aromatic rings. The normalized spacial score (nSPS) is 20.0. The minimum atomic E-state index is 0.0309. The summed E-state index contributed by atoms with van der Waals surface area (Å²) in [6.07, 6.45) is 0. The van der Waals surface area contributed by atoms with Crippen molar-refractivity contribution in [3.63, 3.8) is 0 Å². The van der Waals surface area contributed by atoms with E-state index in [0.29, 0.717) is 0 Å². The summed E-state index contributed by atoms with van der Waals surface area (Å²) in [5.41, 5.74) is 0. The highest BCUT2D eigenvalue weighted by Crippen LogP contribution is 2.29. The molecule has 22 heavy (non-hydrogen) atoms. The van der Waals surface area contributed by atoms with Crippen LogP contribution in [0.5, 0.6) is 0 Å². The summed E-state index contributed by atoms with van der Waals surface area (Å²) in [5.74, 6) is 0.171. The fraction of sp³-hybridized carbons (Fsp3) is 0.706. The van der Waals surface area contributed by atoms with Gasteiger partial charge in [0.1, 0.15) is 0 Å². The van der Waals surface area contributed by atoms with Gasteiger partial charge in [-0.15, -0.1) is 11.3 Å². The molecule has 0 aromatic carbocycles. The number of carbonyl (C=O) groups excluding carboxylic acids is 1. The van der Waals surface area contributed by atoms with Crippen LogP contribution >= 0.6 is 11.3 Å². The van der Waals surface area contributed by atoms with E-state index in [2.05, 4.69) is 46.5 Å². The molecular formula is C17H29N3OS. The Morgan fingerprint density at radius 2 is 1.95 bits per heavy atom. The molecule has 2 heterocycles. The second-order valence-corrected chi connectivity index (χ2v) is 7.36. The Balaban J connectivity index is 2.09. The molecule has 0 radical (unpaired) electrons. The molecule has 1 aliphatic heterocycles. The van der Waals surface area contributed by atoms with Crippen LogP contribution in [0.2, 0.25) is 0 Å². The first-order valence-electron chi connectivity index (χ1n) is 8.33. The van der Waals surface area contributed by atoms with Gasteiger partial charge in [-0.25, -0.2) is 0 Å². The molecule has 4 nitrogen and oxygen atoms in total. The summed E-state index contributed by atoms with van der Waals surface area (Å²) in [6.45, 7) is 13.7. The first-order chi connectivity index (χ1) is 10.5. The van der Waals surface area contributed by atoms with Crippen molar-refractivity contribution in [3.05, 3.63) is 22.4 Å². The topological polar surface area (TPSA) is 35.6 Å². The molecular weight excluding hydrogens is 294 g/mol. The lowest BCUT2D eigenvalue weighted by Gasteiger charge is -2.41. The molecule has 124 valence electrons. The Morgan fingerprint density at radius 1 is 1.27 bits per heavy atom. The van der Waals surface area contributed by atoms with Crippen LogP contribution in [0, 0.1) is 5.92 Å². The minimum absolute atomic E-state index is 0.0309. The molecule has 0 aliphatic carbocycles. The highest BCUT2D eigenvalue weighted by atomic mass is 32.1. The minimum Gasteiger partial charge on any atom is -0.351 e. The number of rotatable bonds is 6. The van der Waals surface area contributed by atoms with Crippen molar-refractivity contribution in [1.82, 2.24) is 15.1 Å². The molecule has 1 N–H and O–H groups in total. The van der Waals surface area contributed by atoms with Gasteiger partial charge in [-0.1, -0.05) is 26.8 Å². The van der Waals surface area contributed by atoms with Gasteiger partial charge < -0.3 is 10.2 Å². The number of amides is 1. The van der Waals surface area contributed by atoms with Gasteiger partial charge in [0.15, 0.2) is 0 Å². The van der Waals surface area contributed by atoms with Gasteiger partial charge in [-0.05, 0) is 24.9 Å². The summed E-state index contributed by atoms with van der Waals surface area (Å²) >= 11 is 1.79. The van der Waals surface area contributed by atoms with Crippen molar-refractivity contribution in [2.75, 3.05) is 32.7 Å². The van der Waals surface area contributed by atoms with E-state index < -0.39 is 0 Å². The van der Waals surface area contributed by atoms with E-state index in [1.807, 2.05) is 13.8 Å². The van der Waals surface area contributed by atoms with Gasteiger partial charge in [-0.3, -0.25) is 9.69 Å². The average molecular weight is 324 g/mol. The van der Waals surface area contributed by atoms with Crippen LogP contribution in [0.4, 0.5) is 0 Å². The molecule has 0 spiro atoms. The van der Waals surface area contributed by atoms with Gasteiger partial charge >= 0.3 is 0 Å². The number of hydrogen-bond donors (Lipinski definition) is 1. The monoisotopic (exact) mass is 323 g/mol. The number of nitrogens with zero attached hydrogens (tertiary/aromatic N) is 2. The Kier molecular flexibility index (Phi) is 6.41. The van der Waals surface area contributed by atoms with E-state index in [4.69, 9.17) is 0 Å². The second kappa shape index (κ2) is 8.09. The molecule has 0 unspecified atom stereocenters. The first kappa shape index (κ1) is 17.4. The first-order valence-corrected chi connectivity index (χ1v) is 9.21. The molecule has 1 amide bonds. The van der Waals surface area contributed by atoms with E-state index in [1.165, 1.54) is 4.88 Å². The average Bonchev–Trinajstić information content (AvgIpc) is 3.02. The highest BCUT2D eigenvalue weighted by Gasteiger charge is 2.30. The van der Waals surface area contributed by atoms with Gasteiger partial charge in [0.25, 0.3) is 0 Å². The summed E-state index contributed by atoms with van der Waals surface area (Å²) in [5, 5.41) is 5.33. The van der Waals surface area contributed by atoms with Crippen LogP contribution in [-0.2, 0) is 4.79 Å². The predicted molar refractivity (Wildman–Crippen MR) is 93.2 cm³/mol. The maximum absolute atomic E-state index is 12.1. The van der Waals surface area contributed by atoms with Crippen molar-refractivity contribution in [1.29, 1.82) is 0 Å². The quantitative estimate of drug-likeness (QED) is 0.874. The van der Waals surface area contributed by atoms with Gasteiger partial charge in [0.05, 0.1) is 6.04 Å². The number of thiophene rings is 1. The third-order valence-corrected chi connectivity index (χ3v) is 5.39. The molecule has 1 aromatic heterocycles. The second-order valence-electron chi connectivity index (χ2n) is 6.38. The Hall–Kier alpha value is -0.910. The van der Waals surface area contributed by atoms with Gasteiger partial charge in [0.2, 0.25) is 5.91 Å². The summed E-state index contributed by atoms with van der Waals surface area (Å²) in [6, 6.07) is 4.70. The standard InChI is InChI=1S/C17H29N3OS/c1-5-19-8-10-20(11-9-19)16(15-7-6-12-22-15)14(4)18-17(21)13(2)3/h6-7,12-14,16H,5,8-11H2,1-4H3,(H,18,21)/t14-,16-/m0/s1. The van der Waals surface area contributed by atoms with Crippen LogP contribution in [0.1, 0.15) is 38.6 Å². The molecule has 0 saturated carbocycles. The molecule has 1 aliphatic rings. The number of likely N-dealkylation sites (N-methyl/N-ethyl adjacent to an activating group) is 1. The Morgan fingerprint density at radius 3 is 2.45 bits per heavy atom. The van der Waals surface area contributed by atoms with Crippen molar-refractivity contribution >= 4 is 17.2 Å². The molecule has 0 bridgehead atoms. The third kappa shape index (κ3) is 4.31. The van der Waals surface area contributed by atoms with Crippen LogP contribution in [0.3, 0.4) is 0 Å². The Bertz CT molecular complexity index is 452. The lowest BCUT2D eigenvalue weighted by molar-refractivity contribution is -0.125. The van der Waals surface area contributed by atoms with Crippen molar-refractivity contribution in [3.8, 4) is 0 Å². The lowest BCUT2D eigenvalue weighted by atomic mass is 10.0.